The molecular formula is C24H40N4O5S. The Balaban J connectivity index is 1.66. The molecule has 34 heavy (non-hydrogen) atoms. The Morgan fingerprint density at radius 3 is 2.26 bits per heavy atom. The molecule has 0 spiro atoms. The molecule has 2 N–H and O–H groups in total. The number of piperidine rings is 1. The Morgan fingerprint density at radius 2 is 1.74 bits per heavy atom. The van der Waals surface area contributed by atoms with Gasteiger partial charge in [0.1, 0.15) is 0 Å². The summed E-state index contributed by atoms with van der Waals surface area (Å²) in [7, 11) is -2.33. The fraction of sp³-hybridized carbons (Fsp3) is 0.708. The number of carbonyl (C=O) groups is 1. The van der Waals surface area contributed by atoms with Crippen LogP contribution < -0.4 is 10.4 Å². The number of likely N-dealkylation sites (tertiary alicyclic amines) is 1. The second kappa shape index (κ2) is 11.8. The van der Waals surface area contributed by atoms with Gasteiger partial charge in [-0.1, -0.05) is 32.4 Å². The molecule has 1 unspecified atom stereocenters. The third-order valence-corrected chi connectivity index (χ3v) is 10.1. The number of nitrogens with one attached hydrogen (secondary N) is 1. The Kier molecular flexibility index (Phi) is 9.34. The van der Waals surface area contributed by atoms with Gasteiger partial charge in [-0.15, -0.1) is 0 Å². The summed E-state index contributed by atoms with van der Waals surface area (Å²) in [5.74, 6) is -0.187. The topological polar surface area (TPSA) is 102 Å². The van der Waals surface area contributed by atoms with Gasteiger partial charge in [-0.25, -0.2) is 13.9 Å². The lowest BCUT2D eigenvalue weighted by atomic mass is 9.95. The lowest BCUT2D eigenvalue weighted by Gasteiger charge is -2.44. The molecule has 0 bridgehead atoms. The van der Waals surface area contributed by atoms with Gasteiger partial charge in [0.2, 0.25) is 10.0 Å². The number of hydrogen-bond donors (Lipinski definition) is 2. The van der Waals surface area contributed by atoms with Gasteiger partial charge in [0.25, 0.3) is 5.91 Å². The zero-order valence-corrected chi connectivity index (χ0v) is 21.5. The molecule has 2 aliphatic heterocycles. The van der Waals surface area contributed by atoms with Gasteiger partial charge < -0.3 is 14.5 Å². The van der Waals surface area contributed by atoms with E-state index >= 15 is 0 Å². The second-order valence-electron chi connectivity index (χ2n) is 9.54. The summed E-state index contributed by atoms with van der Waals surface area (Å²) in [4.78, 5) is 17.0. The van der Waals surface area contributed by atoms with E-state index in [1.165, 1.54) is 9.87 Å². The summed E-state index contributed by atoms with van der Waals surface area (Å²) in [6, 6.07) is 8.53. The van der Waals surface area contributed by atoms with Gasteiger partial charge in [0.15, 0.2) is 4.75 Å². The molecule has 0 aliphatic carbocycles. The highest BCUT2D eigenvalue weighted by Crippen LogP contribution is 2.34. The van der Waals surface area contributed by atoms with Crippen LogP contribution in [0.5, 0.6) is 0 Å². The van der Waals surface area contributed by atoms with E-state index in [9.17, 15) is 18.4 Å². The highest BCUT2D eigenvalue weighted by atomic mass is 32.2. The first-order chi connectivity index (χ1) is 16.3. The predicted octanol–water partition coefficient (Wildman–Crippen LogP) is 1.71. The van der Waals surface area contributed by atoms with Crippen LogP contribution >= 0.6 is 0 Å². The Labute approximate surface area is 204 Å². The summed E-state index contributed by atoms with van der Waals surface area (Å²) < 4.78 is 32.3. The van der Waals surface area contributed by atoms with Crippen LogP contribution in [0.1, 0.15) is 38.7 Å². The van der Waals surface area contributed by atoms with Crippen molar-refractivity contribution in [2.24, 2.45) is 5.92 Å². The number of carbonyl (C=O) groups excluding carboxylic acids is 1. The van der Waals surface area contributed by atoms with Gasteiger partial charge in [-0.3, -0.25) is 10.0 Å². The van der Waals surface area contributed by atoms with Crippen LogP contribution in [-0.2, 0) is 26.0 Å². The first-order valence-electron chi connectivity index (χ1n) is 12.3. The smallest absolute Gasteiger partial charge is 0.266 e. The zero-order chi connectivity index (χ0) is 24.8. The first kappa shape index (κ1) is 26.9. The fourth-order valence-electron chi connectivity index (χ4n) is 4.89. The monoisotopic (exact) mass is 496 g/mol. The van der Waals surface area contributed by atoms with Gasteiger partial charge >= 0.3 is 0 Å². The number of ether oxygens (including phenoxy) is 1. The molecule has 3 rings (SSSR count). The fourth-order valence-corrected chi connectivity index (χ4v) is 7.00. The van der Waals surface area contributed by atoms with Crippen LogP contribution in [-0.4, -0.2) is 93.0 Å². The molecule has 0 radical (unpaired) electrons. The number of piperazine rings is 1. The first-order valence-corrected chi connectivity index (χ1v) is 13.7. The van der Waals surface area contributed by atoms with Gasteiger partial charge in [-0.05, 0) is 42.9 Å². The van der Waals surface area contributed by atoms with E-state index in [4.69, 9.17) is 4.74 Å². The highest BCUT2D eigenvalue weighted by molar-refractivity contribution is 7.91. The van der Waals surface area contributed by atoms with Crippen molar-refractivity contribution in [1.29, 1.82) is 0 Å². The molecule has 0 aromatic heterocycles. The normalized spacial score (nSPS) is 20.8. The molecule has 1 atom stereocenters. The summed E-state index contributed by atoms with van der Waals surface area (Å²) in [6.07, 6.45) is 2.49. The largest absolute Gasteiger partial charge is 0.383 e. The Bertz CT molecular complexity index is 892. The van der Waals surface area contributed by atoms with Crippen molar-refractivity contribution in [1.82, 2.24) is 14.7 Å². The van der Waals surface area contributed by atoms with Crippen LogP contribution in [0.25, 0.3) is 0 Å². The van der Waals surface area contributed by atoms with E-state index in [1.807, 2.05) is 0 Å². The molecule has 9 nitrogen and oxygen atoms in total. The maximum atomic E-state index is 13.7. The molecular weight excluding hydrogens is 456 g/mol. The number of rotatable bonds is 10. The van der Waals surface area contributed by atoms with E-state index in [1.54, 1.807) is 12.6 Å². The molecule has 10 heteroatoms. The number of anilines is 1. The van der Waals surface area contributed by atoms with Crippen molar-refractivity contribution in [3.05, 3.63) is 29.8 Å². The van der Waals surface area contributed by atoms with Crippen molar-refractivity contribution in [3.8, 4) is 0 Å². The standard InChI is InChI=1S/C24H40N4O5S/c1-4-20(2)19-21-5-7-22(8-6-21)27-13-15-28(16-14-27)34(31,32)24(23(29)25-30)9-11-26(12-10-24)17-18-33-3/h5-8,20,30H,4,9-19H2,1-3H3,(H,25,29). The maximum absolute atomic E-state index is 13.7. The average Bonchev–Trinajstić information content (AvgIpc) is 2.87. The number of sulfonamides is 1. The molecule has 1 aromatic carbocycles. The van der Waals surface area contributed by atoms with E-state index < -0.39 is 20.7 Å². The molecule has 1 amide bonds. The lowest BCUT2D eigenvalue weighted by Crippen LogP contribution is -2.63. The molecule has 0 saturated carbocycles. The quantitative estimate of drug-likeness (QED) is 0.376. The molecule has 2 fully saturated rings. The van der Waals surface area contributed by atoms with E-state index in [-0.39, 0.29) is 12.8 Å². The highest BCUT2D eigenvalue weighted by Gasteiger charge is 2.55. The molecule has 2 aliphatic rings. The maximum Gasteiger partial charge on any atom is 0.266 e. The van der Waals surface area contributed by atoms with E-state index in [0.29, 0.717) is 58.3 Å². The summed E-state index contributed by atoms with van der Waals surface area (Å²) >= 11 is 0. The van der Waals surface area contributed by atoms with Gasteiger partial charge in [0, 0.05) is 58.6 Å². The van der Waals surface area contributed by atoms with Crippen molar-refractivity contribution >= 4 is 21.6 Å². The van der Waals surface area contributed by atoms with Crippen molar-refractivity contribution in [2.45, 2.75) is 44.3 Å². The average molecular weight is 497 g/mol. The molecule has 2 saturated heterocycles. The van der Waals surface area contributed by atoms with Crippen LogP contribution in [0.3, 0.4) is 0 Å². The molecule has 1 aromatic rings. The summed E-state index contributed by atoms with van der Waals surface area (Å²) in [5.41, 5.74) is 4.03. The number of benzene rings is 1. The van der Waals surface area contributed by atoms with Crippen molar-refractivity contribution in [3.63, 3.8) is 0 Å². The van der Waals surface area contributed by atoms with E-state index in [2.05, 4.69) is 47.9 Å². The van der Waals surface area contributed by atoms with Crippen LogP contribution in [0, 0.1) is 5.92 Å². The summed E-state index contributed by atoms with van der Waals surface area (Å²) in [6.45, 7) is 8.33. The minimum Gasteiger partial charge on any atom is -0.383 e. The second-order valence-corrected chi connectivity index (χ2v) is 11.8. The minimum atomic E-state index is -3.95. The lowest BCUT2D eigenvalue weighted by molar-refractivity contribution is -0.133. The van der Waals surface area contributed by atoms with Gasteiger partial charge in [0.05, 0.1) is 6.61 Å². The predicted molar refractivity (Wildman–Crippen MR) is 133 cm³/mol. The van der Waals surface area contributed by atoms with Crippen LogP contribution in [0.4, 0.5) is 5.69 Å². The van der Waals surface area contributed by atoms with Crippen LogP contribution in [0.15, 0.2) is 24.3 Å². The van der Waals surface area contributed by atoms with Crippen molar-refractivity contribution in [2.75, 3.05) is 64.4 Å². The molecule has 2 heterocycles. The number of hydroxylamine groups is 1. The minimum absolute atomic E-state index is 0.142. The number of hydrogen-bond acceptors (Lipinski definition) is 7. The summed E-state index contributed by atoms with van der Waals surface area (Å²) in [5, 5.41) is 9.38. The third kappa shape index (κ3) is 5.73. The number of methoxy groups -OCH3 is 1. The Hall–Kier alpha value is -1.72. The zero-order valence-electron chi connectivity index (χ0n) is 20.7. The van der Waals surface area contributed by atoms with Gasteiger partial charge in [-0.2, -0.15) is 4.31 Å². The number of nitrogens with zero attached hydrogens (tertiary/aromatic N) is 3. The van der Waals surface area contributed by atoms with Crippen molar-refractivity contribution < 1.29 is 23.2 Å². The van der Waals surface area contributed by atoms with E-state index in [0.717, 1.165) is 18.5 Å². The Morgan fingerprint density at radius 1 is 1.12 bits per heavy atom. The van der Waals surface area contributed by atoms with Crippen LogP contribution in [0.2, 0.25) is 0 Å². The molecule has 192 valence electrons. The third-order valence-electron chi connectivity index (χ3n) is 7.45. The number of amides is 1. The SMILES string of the molecule is CCC(C)Cc1ccc(N2CCN(S(=O)(=O)C3(C(=O)NO)CCN(CCOC)CC3)CC2)cc1.